The molecule has 1 amide bonds. The number of ether oxygens (including phenoxy) is 1. The maximum atomic E-state index is 13.5. The van der Waals surface area contributed by atoms with Crippen LogP contribution in [0.2, 0.25) is 0 Å². The topological polar surface area (TPSA) is 117 Å². The molecule has 2 aliphatic rings. The molecule has 0 radical (unpaired) electrons. The van der Waals surface area contributed by atoms with Gasteiger partial charge in [0, 0.05) is 55.4 Å². The second kappa shape index (κ2) is 11.8. The Labute approximate surface area is 244 Å². The number of aromatic nitrogens is 8. The van der Waals surface area contributed by atoms with Gasteiger partial charge in [0.2, 0.25) is 5.82 Å². The Morgan fingerprint density at radius 2 is 1.90 bits per heavy atom. The van der Waals surface area contributed by atoms with Crippen LogP contribution in [0.5, 0.6) is 0 Å². The van der Waals surface area contributed by atoms with Crippen LogP contribution in [0.4, 0.5) is 5.69 Å². The predicted molar refractivity (Wildman–Crippen MR) is 160 cm³/mol. The Balaban J connectivity index is 0.00000155. The first-order valence-electron chi connectivity index (χ1n) is 14.8. The Kier molecular flexibility index (Phi) is 7.84. The molecular formula is C31H37N9O2. The minimum absolute atomic E-state index is 0.223. The maximum Gasteiger partial charge on any atom is 0.259 e. The van der Waals surface area contributed by atoms with Crippen molar-refractivity contribution in [1.82, 2.24) is 39.6 Å². The summed E-state index contributed by atoms with van der Waals surface area (Å²) in [6, 6.07) is 10.2. The second-order valence-corrected chi connectivity index (χ2v) is 10.8. The molecule has 0 spiro atoms. The van der Waals surface area contributed by atoms with Gasteiger partial charge >= 0.3 is 0 Å². The minimum atomic E-state index is -0.223. The average molecular weight is 568 g/mol. The monoisotopic (exact) mass is 567 g/mol. The van der Waals surface area contributed by atoms with Crippen molar-refractivity contribution in [2.45, 2.75) is 71.4 Å². The summed E-state index contributed by atoms with van der Waals surface area (Å²) in [4.78, 5) is 15.2. The first-order chi connectivity index (χ1) is 20.6. The lowest BCUT2D eigenvalue weighted by atomic mass is 10.0. The van der Waals surface area contributed by atoms with Gasteiger partial charge in [-0.2, -0.15) is 15.0 Å². The van der Waals surface area contributed by atoms with Crippen molar-refractivity contribution in [1.29, 1.82) is 0 Å². The Bertz CT molecular complexity index is 1710. The van der Waals surface area contributed by atoms with E-state index in [9.17, 15) is 4.79 Å². The number of pyridine rings is 1. The van der Waals surface area contributed by atoms with E-state index in [0.29, 0.717) is 35.6 Å². The summed E-state index contributed by atoms with van der Waals surface area (Å²) >= 11 is 0. The number of carbonyl (C=O) groups is 1. The van der Waals surface area contributed by atoms with Crippen molar-refractivity contribution in [2.24, 2.45) is 0 Å². The molecule has 0 bridgehead atoms. The van der Waals surface area contributed by atoms with Crippen LogP contribution in [-0.4, -0.2) is 59.2 Å². The van der Waals surface area contributed by atoms with Gasteiger partial charge in [0.25, 0.3) is 5.91 Å². The summed E-state index contributed by atoms with van der Waals surface area (Å²) < 4.78 is 8.97. The number of anilines is 1. The molecule has 42 heavy (non-hydrogen) atoms. The molecule has 5 aromatic rings. The zero-order valence-electron chi connectivity index (χ0n) is 24.6. The summed E-state index contributed by atoms with van der Waals surface area (Å²) in [5.41, 5.74) is 6.98. The van der Waals surface area contributed by atoms with E-state index in [4.69, 9.17) is 9.84 Å². The summed E-state index contributed by atoms with van der Waals surface area (Å²) in [6.07, 6.45) is 11.0. The fourth-order valence-electron chi connectivity index (χ4n) is 5.01. The van der Waals surface area contributed by atoms with Gasteiger partial charge in [-0.1, -0.05) is 26.0 Å². The quantitative estimate of drug-likeness (QED) is 0.216. The minimum Gasteiger partial charge on any atom is -0.385 e. The number of benzene rings is 1. The van der Waals surface area contributed by atoms with Gasteiger partial charge in [-0.05, 0) is 73.6 Å². The zero-order chi connectivity index (χ0) is 29.2. The summed E-state index contributed by atoms with van der Waals surface area (Å²) in [7, 11) is 1.72. The Morgan fingerprint density at radius 1 is 1.07 bits per heavy atom. The van der Waals surface area contributed by atoms with Gasteiger partial charge in [-0.25, -0.2) is 4.52 Å². The van der Waals surface area contributed by atoms with Crippen LogP contribution in [-0.2, 0) is 11.3 Å². The van der Waals surface area contributed by atoms with Crippen molar-refractivity contribution >= 4 is 17.1 Å². The van der Waals surface area contributed by atoms with E-state index in [1.165, 1.54) is 0 Å². The van der Waals surface area contributed by atoms with Crippen LogP contribution in [0.15, 0.2) is 48.9 Å². The van der Waals surface area contributed by atoms with Gasteiger partial charge in [-0.3, -0.25) is 9.48 Å². The third-order valence-electron chi connectivity index (χ3n) is 7.61. The van der Waals surface area contributed by atoms with Gasteiger partial charge in [0.15, 0.2) is 0 Å². The molecule has 0 saturated heterocycles. The standard InChI is InChI=1S/C29H31N9O2.C2H6/c1-18-4-5-21(28-32-35-38(34-28)22-8-9-22)14-25(18)31-29(39)23-16-30-37-12-10-20(15-26(23)37)24-17-36(11-3-13-40-2)33-27(24)19-6-7-19;1-2/h4-5,10,12,14-17,19,22H,3,6-9,11,13H2,1-2H3,(H,31,39);1-2H3. The highest BCUT2D eigenvalue weighted by molar-refractivity contribution is 6.09. The van der Waals surface area contributed by atoms with Gasteiger partial charge in [-0.15, -0.1) is 10.2 Å². The number of carbonyl (C=O) groups excluding carboxylic acids is 1. The first kappa shape index (κ1) is 27.8. The summed E-state index contributed by atoms with van der Waals surface area (Å²) in [5, 5.41) is 25.4. The molecule has 4 aromatic heterocycles. The van der Waals surface area contributed by atoms with E-state index in [0.717, 1.165) is 72.1 Å². The highest BCUT2D eigenvalue weighted by Crippen LogP contribution is 2.44. The number of hydrogen-bond donors (Lipinski definition) is 1. The molecule has 2 fully saturated rings. The molecule has 2 saturated carbocycles. The first-order valence-corrected chi connectivity index (χ1v) is 14.8. The van der Waals surface area contributed by atoms with Gasteiger partial charge in [0.05, 0.1) is 29.0 Å². The normalized spacial score (nSPS) is 14.6. The molecule has 2 aliphatic carbocycles. The number of methoxy groups -OCH3 is 1. The van der Waals surface area contributed by atoms with Crippen LogP contribution < -0.4 is 5.32 Å². The molecular weight excluding hydrogens is 530 g/mol. The van der Waals surface area contributed by atoms with Crippen LogP contribution in [0.1, 0.15) is 79.5 Å². The molecule has 4 heterocycles. The second-order valence-electron chi connectivity index (χ2n) is 10.8. The fourth-order valence-corrected chi connectivity index (χ4v) is 5.01. The molecule has 0 atom stereocenters. The van der Waals surface area contributed by atoms with Crippen molar-refractivity contribution in [3.63, 3.8) is 0 Å². The van der Waals surface area contributed by atoms with E-state index >= 15 is 0 Å². The third-order valence-corrected chi connectivity index (χ3v) is 7.61. The van der Waals surface area contributed by atoms with Crippen LogP contribution >= 0.6 is 0 Å². The van der Waals surface area contributed by atoms with E-state index in [1.54, 1.807) is 22.6 Å². The number of rotatable bonds is 10. The molecule has 1 aromatic carbocycles. The van der Waals surface area contributed by atoms with Gasteiger partial charge < -0.3 is 10.1 Å². The van der Waals surface area contributed by atoms with E-state index in [-0.39, 0.29) is 5.91 Å². The molecule has 7 rings (SSSR count). The zero-order valence-corrected chi connectivity index (χ0v) is 24.6. The number of aryl methyl sites for hydroxylation is 2. The average Bonchev–Trinajstić information content (AvgIpc) is 3.91. The van der Waals surface area contributed by atoms with Crippen LogP contribution in [0.3, 0.4) is 0 Å². The number of amides is 1. The van der Waals surface area contributed by atoms with E-state index in [1.807, 2.05) is 62.0 Å². The number of fused-ring (bicyclic) bond motifs is 1. The summed E-state index contributed by atoms with van der Waals surface area (Å²) in [6.45, 7) is 7.47. The Hall–Kier alpha value is -4.38. The molecule has 0 unspecified atom stereocenters. The SMILES string of the molecule is CC.COCCCn1cc(-c2ccn3ncc(C(=O)Nc4cc(-c5nnn(C6CC6)n5)ccc4C)c3c2)c(C2CC2)n1. The predicted octanol–water partition coefficient (Wildman–Crippen LogP) is 5.69. The highest BCUT2D eigenvalue weighted by atomic mass is 16.5. The molecule has 11 nitrogen and oxygen atoms in total. The molecule has 218 valence electrons. The van der Waals surface area contributed by atoms with Crippen LogP contribution in [0, 0.1) is 6.92 Å². The molecule has 11 heteroatoms. The van der Waals surface area contributed by atoms with Crippen molar-refractivity contribution in [3.05, 3.63) is 65.7 Å². The largest absolute Gasteiger partial charge is 0.385 e. The van der Waals surface area contributed by atoms with Crippen molar-refractivity contribution in [2.75, 3.05) is 19.0 Å². The van der Waals surface area contributed by atoms with Crippen molar-refractivity contribution in [3.8, 4) is 22.5 Å². The number of hydrogen-bond acceptors (Lipinski definition) is 7. The number of nitrogens with zero attached hydrogens (tertiary/aromatic N) is 8. The third kappa shape index (κ3) is 5.69. The Morgan fingerprint density at radius 3 is 2.67 bits per heavy atom. The lowest BCUT2D eigenvalue weighted by Crippen LogP contribution is -2.12. The van der Waals surface area contributed by atoms with E-state index in [2.05, 4.69) is 32.0 Å². The fraction of sp³-hybridized carbons (Fsp3) is 0.419. The van der Waals surface area contributed by atoms with Crippen molar-refractivity contribution < 1.29 is 9.53 Å². The van der Waals surface area contributed by atoms with Crippen LogP contribution in [0.25, 0.3) is 28.0 Å². The summed E-state index contributed by atoms with van der Waals surface area (Å²) in [5.74, 6) is 0.829. The number of tetrazole rings is 1. The lowest BCUT2D eigenvalue weighted by Gasteiger charge is -2.09. The smallest absolute Gasteiger partial charge is 0.259 e. The molecule has 0 aliphatic heterocycles. The highest BCUT2D eigenvalue weighted by Gasteiger charge is 2.30. The number of nitrogens with one attached hydrogen (secondary N) is 1. The van der Waals surface area contributed by atoms with Gasteiger partial charge in [0.1, 0.15) is 0 Å². The maximum absolute atomic E-state index is 13.5. The molecule has 1 N–H and O–H groups in total. The lowest BCUT2D eigenvalue weighted by molar-refractivity contribution is 0.102. The van der Waals surface area contributed by atoms with E-state index < -0.39 is 0 Å².